The van der Waals surface area contributed by atoms with Crippen molar-refractivity contribution < 1.29 is 23.1 Å². The molecule has 0 amide bonds. The molecule has 1 rings (SSSR count). The molecule has 1 aromatic rings. The molecule has 18 heavy (non-hydrogen) atoms. The van der Waals surface area contributed by atoms with Crippen molar-refractivity contribution in [3.63, 3.8) is 0 Å². The molecule has 5 heteroatoms. The van der Waals surface area contributed by atoms with Crippen molar-refractivity contribution in [3.8, 4) is 0 Å². The number of benzene rings is 1. The molecule has 0 N–H and O–H groups in total. The highest BCUT2D eigenvalue weighted by Gasteiger charge is 2.23. The van der Waals surface area contributed by atoms with Gasteiger partial charge in [-0.2, -0.15) is 0 Å². The Balaban J connectivity index is 3.25. The lowest BCUT2D eigenvalue weighted by Crippen LogP contribution is -2.12. The van der Waals surface area contributed by atoms with Crippen LogP contribution < -0.4 is 0 Å². The second-order valence-electron chi connectivity index (χ2n) is 3.78. The van der Waals surface area contributed by atoms with E-state index < -0.39 is 18.0 Å². The second-order valence-corrected chi connectivity index (χ2v) is 3.78. The van der Waals surface area contributed by atoms with Crippen LogP contribution in [0.5, 0.6) is 0 Å². The first kappa shape index (κ1) is 14.3. The van der Waals surface area contributed by atoms with Crippen LogP contribution in [-0.4, -0.2) is 18.4 Å². The molecule has 0 heterocycles. The van der Waals surface area contributed by atoms with E-state index in [0.717, 1.165) is 0 Å². The first-order chi connectivity index (χ1) is 8.47. The summed E-state index contributed by atoms with van der Waals surface area (Å²) in [5.74, 6) is -1.03. The third kappa shape index (κ3) is 3.35. The van der Waals surface area contributed by atoms with Gasteiger partial charge in [0, 0.05) is 12.0 Å². The van der Waals surface area contributed by atoms with Crippen molar-refractivity contribution in [3.05, 3.63) is 34.9 Å². The highest BCUT2D eigenvalue weighted by molar-refractivity contribution is 5.92. The summed E-state index contributed by atoms with van der Waals surface area (Å²) in [5.41, 5.74) is -0.417. The number of ether oxygens (including phenoxy) is 1. The van der Waals surface area contributed by atoms with Crippen LogP contribution in [0.3, 0.4) is 0 Å². The Hall–Kier alpha value is -1.78. The van der Waals surface area contributed by atoms with Crippen LogP contribution in [0.25, 0.3) is 0 Å². The standard InChI is InChI=1S/C13H14F2O3/c1-3-18-13(17)10-6-4-5-9(7-8(2)16)11(10)12(14)15/h4-6,12H,3,7H2,1-2H3. The number of carbonyl (C=O) groups is 2. The number of hydrogen-bond acceptors (Lipinski definition) is 3. The van der Waals surface area contributed by atoms with E-state index >= 15 is 0 Å². The summed E-state index contributed by atoms with van der Waals surface area (Å²) >= 11 is 0. The van der Waals surface area contributed by atoms with Crippen LogP contribution in [0.1, 0.15) is 41.8 Å². The summed E-state index contributed by atoms with van der Waals surface area (Å²) in [6.45, 7) is 3.02. The van der Waals surface area contributed by atoms with Crippen LogP contribution in [-0.2, 0) is 16.0 Å². The van der Waals surface area contributed by atoms with Gasteiger partial charge in [-0.05, 0) is 25.5 Å². The average Bonchev–Trinajstić information content (AvgIpc) is 2.27. The SMILES string of the molecule is CCOC(=O)c1cccc(CC(C)=O)c1C(F)F. The van der Waals surface area contributed by atoms with E-state index in [-0.39, 0.29) is 29.9 Å². The molecule has 0 aliphatic heterocycles. The number of rotatable bonds is 5. The van der Waals surface area contributed by atoms with Crippen LogP contribution >= 0.6 is 0 Å². The minimum atomic E-state index is -2.82. The van der Waals surface area contributed by atoms with Gasteiger partial charge in [0.25, 0.3) is 6.43 Å². The maximum absolute atomic E-state index is 13.0. The maximum Gasteiger partial charge on any atom is 0.338 e. The number of halogens is 2. The van der Waals surface area contributed by atoms with Gasteiger partial charge in [-0.15, -0.1) is 0 Å². The quantitative estimate of drug-likeness (QED) is 0.761. The van der Waals surface area contributed by atoms with E-state index in [2.05, 4.69) is 0 Å². The second kappa shape index (κ2) is 6.23. The minimum Gasteiger partial charge on any atom is -0.462 e. The summed E-state index contributed by atoms with van der Waals surface area (Å²) < 4.78 is 30.8. The first-order valence-electron chi connectivity index (χ1n) is 5.53. The zero-order valence-corrected chi connectivity index (χ0v) is 10.2. The summed E-state index contributed by atoms with van der Waals surface area (Å²) in [5, 5.41) is 0. The van der Waals surface area contributed by atoms with Crippen LogP contribution in [0.15, 0.2) is 18.2 Å². The van der Waals surface area contributed by atoms with Gasteiger partial charge >= 0.3 is 5.97 Å². The highest BCUT2D eigenvalue weighted by Crippen LogP contribution is 2.28. The van der Waals surface area contributed by atoms with Gasteiger partial charge < -0.3 is 4.74 Å². The van der Waals surface area contributed by atoms with Crippen molar-refractivity contribution in [2.45, 2.75) is 26.7 Å². The molecule has 0 bridgehead atoms. The molecule has 0 radical (unpaired) electrons. The number of esters is 1. The number of carbonyl (C=O) groups excluding carboxylic acids is 2. The van der Waals surface area contributed by atoms with Crippen molar-refractivity contribution in [2.75, 3.05) is 6.61 Å². The fourth-order valence-electron chi connectivity index (χ4n) is 1.68. The zero-order chi connectivity index (χ0) is 13.7. The lowest BCUT2D eigenvalue weighted by molar-refractivity contribution is -0.116. The lowest BCUT2D eigenvalue weighted by atomic mass is 9.97. The number of alkyl halides is 2. The van der Waals surface area contributed by atoms with Crippen molar-refractivity contribution >= 4 is 11.8 Å². The van der Waals surface area contributed by atoms with E-state index in [1.165, 1.54) is 25.1 Å². The van der Waals surface area contributed by atoms with Crippen molar-refractivity contribution in [2.24, 2.45) is 0 Å². The van der Waals surface area contributed by atoms with Gasteiger partial charge in [0.05, 0.1) is 12.2 Å². The Labute approximate surface area is 104 Å². The van der Waals surface area contributed by atoms with Crippen LogP contribution in [0.4, 0.5) is 8.78 Å². The molecule has 0 atom stereocenters. The van der Waals surface area contributed by atoms with E-state index in [1.807, 2.05) is 0 Å². The Morgan fingerprint density at radius 3 is 2.50 bits per heavy atom. The fourth-order valence-corrected chi connectivity index (χ4v) is 1.68. The molecule has 0 unspecified atom stereocenters. The topological polar surface area (TPSA) is 43.4 Å². The van der Waals surface area contributed by atoms with Crippen LogP contribution in [0.2, 0.25) is 0 Å². The molecule has 0 saturated heterocycles. The lowest BCUT2D eigenvalue weighted by Gasteiger charge is -2.12. The Kier molecular flexibility index (Phi) is 4.95. The van der Waals surface area contributed by atoms with Gasteiger partial charge in [0.1, 0.15) is 5.78 Å². The fraction of sp³-hybridized carbons (Fsp3) is 0.385. The van der Waals surface area contributed by atoms with E-state index in [1.54, 1.807) is 6.92 Å². The van der Waals surface area contributed by atoms with E-state index in [4.69, 9.17) is 4.74 Å². The van der Waals surface area contributed by atoms with Gasteiger partial charge in [-0.3, -0.25) is 4.79 Å². The van der Waals surface area contributed by atoms with Gasteiger partial charge in [0.2, 0.25) is 0 Å². The van der Waals surface area contributed by atoms with Gasteiger partial charge in [-0.25, -0.2) is 13.6 Å². The maximum atomic E-state index is 13.0. The van der Waals surface area contributed by atoms with Crippen molar-refractivity contribution in [1.29, 1.82) is 0 Å². The third-order valence-electron chi connectivity index (χ3n) is 2.35. The van der Waals surface area contributed by atoms with Crippen molar-refractivity contribution in [1.82, 2.24) is 0 Å². The first-order valence-corrected chi connectivity index (χ1v) is 5.53. The Morgan fingerprint density at radius 1 is 1.33 bits per heavy atom. The molecule has 1 aromatic carbocycles. The third-order valence-corrected chi connectivity index (χ3v) is 2.35. The molecule has 0 aliphatic rings. The van der Waals surface area contributed by atoms with Gasteiger partial charge in [-0.1, -0.05) is 12.1 Å². The zero-order valence-electron chi connectivity index (χ0n) is 10.2. The molecular weight excluding hydrogens is 242 g/mol. The monoisotopic (exact) mass is 256 g/mol. The molecule has 0 aliphatic carbocycles. The van der Waals surface area contributed by atoms with E-state index in [9.17, 15) is 18.4 Å². The summed E-state index contributed by atoms with van der Waals surface area (Å²) in [4.78, 5) is 22.6. The highest BCUT2D eigenvalue weighted by atomic mass is 19.3. The molecule has 0 saturated carbocycles. The summed E-state index contributed by atoms with van der Waals surface area (Å²) in [6, 6.07) is 4.17. The number of ketones is 1. The Bertz CT molecular complexity index is 456. The number of Topliss-reactive ketones (excluding diaryl/α,β-unsaturated/α-hetero) is 1. The number of hydrogen-bond donors (Lipinski definition) is 0. The molecule has 0 aromatic heterocycles. The molecule has 0 fully saturated rings. The average molecular weight is 256 g/mol. The normalized spacial score (nSPS) is 10.5. The van der Waals surface area contributed by atoms with Crippen LogP contribution in [0, 0.1) is 0 Å². The molecular formula is C13H14F2O3. The largest absolute Gasteiger partial charge is 0.462 e. The molecule has 98 valence electrons. The molecule has 0 spiro atoms. The minimum absolute atomic E-state index is 0.110. The van der Waals surface area contributed by atoms with E-state index in [0.29, 0.717) is 0 Å². The molecule has 3 nitrogen and oxygen atoms in total. The summed E-state index contributed by atoms with van der Waals surface area (Å²) in [7, 11) is 0. The smallest absolute Gasteiger partial charge is 0.338 e. The summed E-state index contributed by atoms with van der Waals surface area (Å²) in [6.07, 6.45) is -2.94. The predicted molar refractivity (Wildman–Crippen MR) is 61.7 cm³/mol. The Morgan fingerprint density at radius 2 is 2.00 bits per heavy atom. The van der Waals surface area contributed by atoms with Gasteiger partial charge in [0.15, 0.2) is 0 Å². The predicted octanol–water partition coefficient (Wildman–Crippen LogP) is 2.93.